The van der Waals surface area contributed by atoms with Gasteiger partial charge in [-0.15, -0.1) is 0 Å². The Morgan fingerprint density at radius 2 is 2.22 bits per heavy atom. The van der Waals surface area contributed by atoms with Crippen molar-refractivity contribution in [3.05, 3.63) is 52.2 Å². The monoisotopic (exact) mass is 361 g/mol. The summed E-state index contributed by atoms with van der Waals surface area (Å²) in [7, 11) is 0. The number of anilines is 1. The number of hydrogen-bond acceptors (Lipinski definition) is 2. The molecule has 1 aromatic rings. The van der Waals surface area contributed by atoms with Crippen molar-refractivity contribution in [3.8, 4) is 6.07 Å². The number of aromatic nitrogens is 1. The van der Waals surface area contributed by atoms with E-state index in [-0.39, 0.29) is 12.0 Å². The molecule has 4 nitrogen and oxygen atoms in total. The third-order valence-corrected chi connectivity index (χ3v) is 5.92. The van der Waals surface area contributed by atoms with Crippen LogP contribution in [0.15, 0.2) is 36.2 Å². The second-order valence-electron chi connectivity index (χ2n) is 8.06. The van der Waals surface area contributed by atoms with Crippen molar-refractivity contribution in [2.24, 2.45) is 11.8 Å². The molecule has 4 heteroatoms. The molecule has 3 aliphatic rings. The van der Waals surface area contributed by atoms with Crippen molar-refractivity contribution in [3.63, 3.8) is 0 Å². The second kappa shape index (κ2) is 7.60. The third-order valence-electron chi connectivity index (χ3n) is 5.92. The zero-order valence-electron chi connectivity index (χ0n) is 16.1. The molecule has 4 rings (SSSR count). The van der Waals surface area contributed by atoms with Crippen molar-refractivity contribution in [2.45, 2.75) is 57.4 Å². The predicted octanol–water partition coefficient (Wildman–Crippen LogP) is 5.95. The molecule has 2 heterocycles. The Kier molecular flexibility index (Phi) is 5.03. The Labute approximate surface area is 161 Å². The van der Waals surface area contributed by atoms with Gasteiger partial charge in [0.25, 0.3) is 6.04 Å². The highest BCUT2D eigenvalue weighted by Crippen LogP contribution is 2.45. The second-order valence-corrected chi connectivity index (χ2v) is 8.06. The minimum atomic E-state index is 0.228. The van der Waals surface area contributed by atoms with Gasteiger partial charge in [0.2, 0.25) is 0 Å². The first-order valence-corrected chi connectivity index (χ1v) is 10.2. The topological polar surface area (TPSA) is 56.0 Å². The summed E-state index contributed by atoms with van der Waals surface area (Å²) in [4.78, 5) is 8.11. The molecule has 0 amide bonds. The summed E-state index contributed by atoms with van der Waals surface area (Å²) in [6, 6.07) is 3.39. The number of rotatable bonds is 9. The molecule has 2 fully saturated rings. The quantitative estimate of drug-likeness (QED) is 0.468. The largest absolute Gasteiger partial charge is 0.347 e. The molecule has 0 spiro atoms. The molecular weight excluding hydrogens is 332 g/mol. The van der Waals surface area contributed by atoms with Crippen LogP contribution in [-0.4, -0.2) is 17.2 Å². The van der Waals surface area contributed by atoms with Gasteiger partial charge < -0.3 is 15.7 Å². The Bertz CT molecular complexity index is 853. The molecule has 3 N–H and O–H groups in total. The van der Waals surface area contributed by atoms with E-state index >= 15 is 0 Å². The fraction of sp³-hybridized carbons (Fsp3) is 0.478. The van der Waals surface area contributed by atoms with E-state index in [9.17, 15) is 0 Å². The smallest absolute Gasteiger partial charge is 0.303 e. The highest BCUT2D eigenvalue weighted by atomic mass is 15.0. The molecule has 1 aromatic heterocycles. The molecule has 0 aromatic carbocycles. The first-order chi connectivity index (χ1) is 13.2. The van der Waals surface area contributed by atoms with Crippen molar-refractivity contribution < 1.29 is 0 Å². The number of H-pyrrole nitrogens is 1. The SMILES string of the molecule is C=C(Nc1[nH]cc(C2C(CC3CC3)=CC#[N+]C2CC)c1/C=C\C=N)C1CC1. The minimum absolute atomic E-state index is 0.228. The van der Waals surface area contributed by atoms with Crippen LogP contribution in [0.5, 0.6) is 0 Å². The minimum Gasteiger partial charge on any atom is -0.347 e. The van der Waals surface area contributed by atoms with Crippen LogP contribution >= 0.6 is 0 Å². The van der Waals surface area contributed by atoms with Crippen LogP contribution in [-0.2, 0) is 0 Å². The summed E-state index contributed by atoms with van der Waals surface area (Å²) in [5.41, 5.74) is 4.94. The van der Waals surface area contributed by atoms with E-state index in [4.69, 9.17) is 5.41 Å². The van der Waals surface area contributed by atoms with Crippen LogP contribution in [0, 0.1) is 23.3 Å². The van der Waals surface area contributed by atoms with Crippen molar-refractivity contribution in [1.82, 2.24) is 4.98 Å². The molecule has 0 saturated heterocycles. The van der Waals surface area contributed by atoms with Crippen molar-refractivity contribution in [2.75, 3.05) is 5.32 Å². The van der Waals surface area contributed by atoms with E-state index in [1.54, 1.807) is 6.08 Å². The molecule has 2 unspecified atom stereocenters. The van der Waals surface area contributed by atoms with Gasteiger partial charge in [-0.3, -0.25) is 0 Å². The van der Waals surface area contributed by atoms with Crippen LogP contribution in [0.1, 0.15) is 62.5 Å². The zero-order valence-corrected chi connectivity index (χ0v) is 16.1. The lowest BCUT2D eigenvalue weighted by molar-refractivity contribution is 0.600. The molecule has 1 aliphatic heterocycles. The lowest BCUT2D eigenvalue weighted by atomic mass is 9.80. The Morgan fingerprint density at radius 3 is 2.89 bits per heavy atom. The Morgan fingerprint density at radius 1 is 1.41 bits per heavy atom. The summed E-state index contributed by atoms with van der Waals surface area (Å²) in [5.74, 6) is 2.70. The summed E-state index contributed by atoms with van der Waals surface area (Å²) in [6.45, 7) is 6.41. The van der Waals surface area contributed by atoms with Gasteiger partial charge in [-0.25, -0.2) is 0 Å². The van der Waals surface area contributed by atoms with Crippen LogP contribution in [0.4, 0.5) is 5.82 Å². The first kappa shape index (κ1) is 17.9. The number of nitrogens with one attached hydrogen (secondary N) is 3. The van der Waals surface area contributed by atoms with Crippen LogP contribution in [0.25, 0.3) is 10.9 Å². The predicted molar refractivity (Wildman–Crippen MR) is 114 cm³/mol. The fourth-order valence-electron chi connectivity index (χ4n) is 4.03. The van der Waals surface area contributed by atoms with Gasteiger partial charge in [0.05, 0.1) is 12.0 Å². The summed E-state index contributed by atoms with van der Waals surface area (Å²) < 4.78 is 0. The lowest BCUT2D eigenvalue weighted by Crippen LogP contribution is -2.20. The fourth-order valence-corrected chi connectivity index (χ4v) is 4.03. The molecule has 27 heavy (non-hydrogen) atoms. The Balaban J connectivity index is 1.69. The maximum Gasteiger partial charge on any atom is 0.303 e. The molecule has 2 saturated carbocycles. The maximum atomic E-state index is 7.43. The van der Waals surface area contributed by atoms with Gasteiger partial charge in [-0.2, -0.15) is 0 Å². The third kappa shape index (κ3) is 3.93. The summed E-state index contributed by atoms with van der Waals surface area (Å²) in [6.07, 6.45) is 16.7. The van der Waals surface area contributed by atoms with E-state index in [0.29, 0.717) is 5.92 Å². The summed E-state index contributed by atoms with van der Waals surface area (Å²) >= 11 is 0. The number of allylic oxidation sites excluding steroid dienone is 3. The molecule has 0 radical (unpaired) electrons. The van der Waals surface area contributed by atoms with Crippen molar-refractivity contribution >= 4 is 18.1 Å². The van der Waals surface area contributed by atoms with Gasteiger partial charge in [0, 0.05) is 30.1 Å². The number of hydrogen-bond donors (Lipinski definition) is 3. The van der Waals surface area contributed by atoms with E-state index in [0.717, 1.165) is 35.8 Å². The normalized spacial score (nSPS) is 24.3. The zero-order chi connectivity index (χ0) is 18.8. The van der Waals surface area contributed by atoms with Gasteiger partial charge in [-0.1, -0.05) is 18.3 Å². The average Bonchev–Trinajstić information content (AvgIpc) is 3.59. The number of aromatic amines is 1. The average molecular weight is 362 g/mol. The Hall–Kier alpha value is -2.54. The summed E-state index contributed by atoms with van der Waals surface area (Å²) in [5, 5.41) is 10.9. The van der Waals surface area contributed by atoms with E-state index < -0.39 is 0 Å². The molecule has 2 aliphatic carbocycles. The van der Waals surface area contributed by atoms with Gasteiger partial charge in [-0.05, 0) is 67.2 Å². The van der Waals surface area contributed by atoms with Gasteiger partial charge in [0.1, 0.15) is 5.82 Å². The standard InChI is InChI=1S/C23H29N4/c1-3-21-22(18(10-12-25-21)13-16-6-7-16)20-14-26-23(19(20)5-4-11-24)27-15(2)17-8-9-17/h4-5,10-11,14,16-17,21-22,24,26-27H,2-3,6-9,13H2,1H3/q+1/b5-4-,24-11?. The van der Waals surface area contributed by atoms with Gasteiger partial charge >= 0.3 is 6.07 Å². The number of nitrogens with zero attached hydrogens (tertiary/aromatic N) is 1. The maximum absolute atomic E-state index is 7.43. The molecule has 0 bridgehead atoms. The highest BCUT2D eigenvalue weighted by molar-refractivity contribution is 5.80. The van der Waals surface area contributed by atoms with Crippen LogP contribution in [0.2, 0.25) is 0 Å². The van der Waals surface area contributed by atoms with Crippen molar-refractivity contribution in [1.29, 1.82) is 5.41 Å². The highest BCUT2D eigenvalue weighted by Gasteiger charge is 2.39. The van der Waals surface area contributed by atoms with E-state index in [1.807, 2.05) is 6.08 Å². The first-order valence-electron chi connectivity index (χ1n) is 10.2. The van der Waals surface area contributed by atoms with E-state index in [1.165, 1.54) is 43.0 Å². The molecule has 140 valence electrons. The lowest BCUT2D eigenvalue weighted by Gasteiger charge is -2.21. The molecule has 2 atom stereocenters. The van der Waals surface area contributed by atoms with E-state index in [2.05, 4.69) is 47.0 Å². The van der Waals surface area contributed by atoms with Crippen LogP contribution < -0.4 is 5.32 Å². The molecular formula is C23H29N4+. The van der Waals surface area contributed by atoms with Gasteiger partial charge in [0.15, 0.2) is 0 Å². The van der Waals surface area contributed by atoms with Crippen LogP contribution in [0.3, 0.4) is 0 Å².